The van der Waals surface area contributed by atoms with Crippen molar-refractivity contribution in [2.24, 2.45) is 7.05 Å². The SMILES string of the molecule is CC(NC(=O)c1cc(N)ccc1Cl)c1cnn(C)c1. The van der Waals surface area contributed by atoms with Crippen LogP contribution in [0.2, 0.25) is 5.02 Å². The third-order valence-electron chi connectivity index (χ3n) is 2.81. The predicted molar refractivity (Wildman–Crippen MR) is 75.0 cm³/mol. The number of nitrogens with zero attached hydrogens (tertiary/aromatic N) is 2. The molecule has 2 rings (SSSR count). The molecule has 6 heteroatoms. The van der Waals surface area contributed by atoms with E-state index in [-0.39, 0.29) is 11.9 Å². The first kappa shape index (κ1) is 13.4. The highest BCUT2D eigenvalue weighted by molar-refractivity contribution is 6.34. The largest absolute Gasteiger partial charge is 0.399 e. The molecule has 1 atom stereocenters. The van der Waals surface area contributed by atoms with Gasteiger partial charge in [-0.3, -0.25) is 9.48 Å². The molecule has 0 saturated heterocycles. The van der Waals surface area contributed by atoms with Crippen molar-refractivity contribution in [3.8, 4) is 0 Å². The van der Waals surface area contributed by atoms with Crippen LogP contribution in [0, 0.1) is 0 Å². The average Bonchev–Trinajstić information content (AvgIpc) is 2.79. The second-order valence-electron chi connectivity index (χ2n) is 4.38. The lowest BCUT2D eigenvalue weighted by atomic mass is 10.1. The smallest absolute Gasteiger partial charge is 0.253 e. The topological polar surface area (TPSA) is 72.9 Å². The number of aromatic nitrogens is 2. The Hall–Kier alpha value is -2.01. The number of carbonyl (C=O) groups excluding carboxylic acids is 1. The molecule has 0 aliphatic heterocycles. The van der Waals surface area contributed by atoms with Crippen LogP contribution in [0.3, 0.4) is 0 Å². The van der Waals surface area contributed by atoms with Gasteiger partial charge in [0.25, 0.3) is 5.91 Å². The first-order chi connectivity index (χ1) is 8.97. The number of nitrogen functional groups attached to an aromatic ring is 1. The Balaban J connectivity index is 2.15. The van der Waals surface area contributed by atoms with Gasteiger partial charge >= 0.3 is 0 Å². The first-order valence-corrected chi connectivity index (χ1v) is 6.19. The highest BCUT2D eigenvalue weighted by atomic mass is 35.5. The molecule has 5 nitrogen and oxygen atoms in total. The molecule has 0 radical (unpaired) electrons. The van der Waals surface area contributed by atoms with Crippen LogP contribution in [-0.2, 0) is 7.05 Å². The van der Waals surface area contributed by atoms with Crippen molar-refractivity contribution in [1.82, 2.24) is 15.1 Å². The molecule has 100 valence electrons. The number of amides is 1. The second kappa shape index (κ2) is 5.32. The summed E-state index contributed by atoms with van der Waals surface area (Å²) in [4.78, 5) is 12.1. The van der Waals surface area contributed by atoms with Gasteiger partial charge in [-0.1, -0.05) is 11.6 Å². The number of rotatable bonds is 3. The van der Waals surface area contributed by atoms with Gasteiger partial charge < -0.3 is 11.1 Å². The van der Waals surface area contributed by atoms with Crippen molar-refractivity contribution in [1.29, 1.82) is 0 Å². The lowest BCUT2D eigenvalue weighted by molar-refractivity contribution is 0.0940. The maximum Gasteiger partial charge on any atom is 0.253 e. The fourth-order valence-corrected chi connectivity index (χ4v) is 1.94. The van der Waals surface area contributed by atoms with Gasteiger partial charge in [0, 0.05) is 24.5 Å². The first-order valence-electron chi connectivity index (χ1n) is 5.82. The average molecular weight is 279 g/mol. The van der Waals surface area contributed by atoms with Crippen molar-refractivity contribution in [3.05, 3.63) is 46.7 Å². The van der Waals surface area contributed by atoms with E-state index in [1.165, 1.54) is 0 Å². The van der Waals surface area contributed by atoms with Crippen LogP contribution in [0.1, 0.15) is 28.9 Å². The molecule has 1 aromatic heterocycles. The fourth-order valence-electron chi connectivity index (χ4n) is 1.74. The number of carbonyl (C=O) groups is 1. The minimum atomic E-state index is -0.256. The molecule has 1 amide bonds. The van der Waals surface area contributed by atoms with Gasteiger partial charge in [-0.05, 0) is 25.1 Å². The maximum absolute atomic E-state index is 12.1. The molecule has 0 bridgehead atoms. The van der Waals surface area contributed by atoms with E-state index in [4.69, 9.17) is 17.3 Å². The van der Waals surface area contributed by atoms with E-state index in [9.17, 15) is 4.79 Å². The number of halogens is 1. The highest BCUT2D eigenvalue weighted by Gasteiger charge is 2.15. The lowest BCUT2D eigenvalue weighted by Gasteiger charge is -2.13. The Bertz CT molecular complexity index is 608. The molecule has 19 heavy (non-hydrogen) atoms. The van der Waals surface area contributed by atoms with Crippen LogP contribution in [0.25, 0.3) is 0 Å². The maximum atomic E-state index is 12.1. The normalized spacial score (nSPS) is 12.2. The predicted octanol–water partition coefficient (Wildman–Crippen LogP) is 2.15. The van der Waals surface area contributed by atoms with E-state index in [1.807, 2.05) is 20.2 Å². The van der Waals surface area contributed by atoms with Gasteiger partial charge in [-0.2, -0.15) is 5.10 Å². The number of hydrogen-bond acceptors (Lipinski definition) is 3. The van der Waals surface area contributed by atoms with E-state index in [1.54, 1.807) is 29.1 Å². The quantitative estimate of drug-likeness (QED) is 0.845. The summed E-state index contributed by atoms with van der Waals surface area (Å²) in [7, 11) is 1.83. The van der Waals surface area contributed by atoms with Crippen molar-refractivity contribution in [2.45, 2.75) is 13.0 Å². The molecule has 3 N–H and O–H groups in total. The molecule has 2 aromatic rings. The summed E-state index contributed by atoms with van der Waals surface area (Å²) in [6.45, 7) is 1.88. The summed E-state index contributed by atoms with van der Waals surface area (Å²) < 4.78 is 1.69. The fraction of sp³-hybridized carbons (Fsp3) is 0.231. The zero-order valence-electron chi connectivity index (χ0n) is 10.7. The van der Waals surface area contributed by atoms with Crippen molar-refractivity contribution in [3.63, 3.8) is 0 Å². The van der Waals surface area contributed by atoms with E-state index < -0.39 is 0 Å². The zero-order valence-corrected chi connectivity index (χ0v) is 11.5. The van der Waals surface area contributed by atoms with E-state index in [2.05, 4.69) is 10.4 Å². The van der Waals surface area contributed by atoms with Crippen LogP contribution in [0.5, 0.6) is 0 Å². The zero-order chi connectivity index (χ0) is 14.0. The molecule has 0 aliphatic rings. The Morgan fingerprint density at radius 1 is 1.53 bits per heavy atom. The van der Waals surface area contributed by atoms with E-state index in [0.29, 0.717) is 16.3 Å². The highest BCUT2D eigenvalue weighted by Crippen LogP contribution is 2.20. The Morgan fingerprint density at radius 2 is 2.26 bits per heavy atom. The van der Waals surface area contributed by atoms with Crippen molar-refractivity contribution in [2.75, 3.05) is 5.73 Å². The summed E-state index contributed by atoms with van der Waals surface area (Å²) >= 11 is 5.99. The van der Waals surface area contributed by atoms with Gasteiger partial charge in [0.15, 0.2) is 0 Å². The Morgan fingerprint density at radius 3 is 2.89 bits per heavy atom. The van der Waals surface area contributed by atoms with Crippen LogP contribution < -0.4 is 11.1 Å². The van der Waals surface area contributed by atoms with Gasteiger partial charge in [0.2, 0.25) is 0 Å². The third-order valence-corrected chi connectivity index (χ3v) is 3.14. The van der Waals surface area contributed by atoms with Gasteiger partial charge in [-0.15, -0.1) is 0 Å². The number of benzene rings is 1. The molecular weight excluding hydrogens is 264 g/mol. The number of nitrogens with one attached hydrogen (secondary N) is 1. The molecule has 1 heterocycles. The molecule has 0 saturated carbocycles. The summed E-state index contributed by atoms with van der Waals surface area (Å²) in [5, 5.41) is 7.31. The van der Waals surface area contributed by atoms with E-state index in [0.717, 1.165) is 5.56 Å². The van der Waals surface area contributed by atoms with Crippen LogP contribution in [-0.4, -0.2) is 15.7 Å². The lowest BCUT2D eigenvalue weighted by Crippen LogP contribution is -2.26. The standard InChI is InChI=1S/C13H15ClN4O/c1-8(9-6-16-18(2)7-9)17-13(19)11-5-10(15)3-4-12(11)14/h3-8H,15H2,1-2H3,(H,17,19). The Kier molecular flexibility index (Phi) is 3.76. The minimum absolute atomic E-state index is 0.154. The summed E-state index contributed by atoms with van der Waals surface area (Å²) in [6, 6.07) is 4.68. The minimum Gasteiger partial charge on any atom is -0.399 e. The second-order valence-corrected chi connectivity index (χ2v) is 4.79. The van der Waals surface area contributed by atoms with Crippen LogP contribution in [0.15, 0.2) is 30.6 Å². The van der Waals surface area contributed by atoms with Crippen molar-refractivity contribution >= 4 is 23.2 Å². The molecule has 0 spiro atoms. The van der Waals surface area contributed by atoms with Crippen LogP contribution in [0.4, 0.5) is 5.69 Å². The molecule has 0 fully saturated rings. The van der Waals surface area contributed by atoms with Gasteiger partial charge in [0.05, 0.1) is 22.8 Å². The van der Waals surface area contributed by atoms with Crippen molar-refractivity contribution < 1.29 is 4.79 Å². The number of anilines is 1. The third kappa shape index (κ3) is 3.06. The van der Waals surface area contributed by atoms with Gasteiger partial charge in [0.1, 0.15) is 0 Å². The van der Waals surface area contributed by atoms with Crippen LogP contribution >= 0.6 is 11.6 Å². The summed E-state index contributed by atoms with van der Waals surface area (Å²) in [6.07, 6.45) is 3.57. The summed E-state index contributed by atoms with van der Waals surface area (Å²) in [5.41, 5.74) is 7.46. The van der Waals surface area contributed by atoms with Gasteiger partial charge in [-0.25, -0.2) is 0 Å². The Labute approximate surface area is 116 Å². The number of aryl methyl sites for hydroxylation is 1. The number of hydrogen-bond donors (Lipinski definition) is 2. The molecule has 1 aromatic carbocycles. The molecule has 0 aliphatic carbocycles. The molecule has 1 unspecified atom stereocenters. The summed E-state index contributed by atoms with van der Waals surface area (Å²) in [5.74, 6) is -0.256. The molecular formula is C13H15ClN4O. The van der Waals surface area contributed by atoms with E-state index >= 15 is 0 Å². The monoisotopic (exact) mass is 278 g/mol. The number of nitrogens with two attached hydrogens (primary N) is 1.